The first-order valence-corrected chi connectivity index (χ1v) is 12.9. The lowest BCUT2D eigenvalue weighted by Gasteiger charge is -2.29. The van der Waals surface area contributed by atoms with Crippen LogP contribution in [0.15, 0.2) is 12.1 Å². The molecular formula is C25H45O4P. The Hall–Kier alpha value is -0.830. The zero-order chi connectivity index (χ0) is 22.9. The van der Waals surface area contributed by atoms with E-state index in [1.54, 1.807) is 0 Å². The molecule has 2 unspecified atom stereocenters. The number of phenols is 1. The van der Waals surface area contributed by atoms with Gasteiger partial charge in [0, 0.05) is 0 Å². The first-order valence-electron chi connectivity index (χ1n) is 11.6. The van der Waals surface area contributed by atoms with Crippen LogP contribution in [0.5, 0.6) is 5.75 Å². The maximum atomic E-state index is 11.6. The molecule has 2 N–H and O–H groups in total. The molecule has 0 aromatic heterocycles. The van der Waals surface area contributed by atoms with Gasteiger partial charge >= 0.3 is 8.25 Å². The number of aromatic hydroxyl groups is 1. The molecule has 1 aromatic rings. The molecule has 0 radical (unpaired) electrons. The highest BCUT2D eigenvalue weighted by atomic mass is 31.1. The quantitative estimate of drug-likeness (QED) is 0.255. The van der Waals surface area contributed by atoms with Crippen LogP contribution in [-0.4, -0.2) is 10.00 Å². The lowest BCUT2D eigenvalue weighted by Crippen LogP contribution is -2.18. The predicted octanol–water partition coefficient (Wildman–Crippen LogP) is 7.96. The average Bonchev–Trinajstić information content (AvgIpc) is 2.61. The van der Waals surface area contributed by atoms with E-state index in [-0.39, 0.29) is 10.8 Å². The predicted molar refractivity (Wildman–Crippen MR) is 128 cm³/mol. The molecule has 0 saturated carbocycles. The highest BCUT2D eigenvalue weighted by Gasteiger charge is 2.28. The van der Waals surface area contributed by atoms with Crippen LogP contribution in [0.2, 0.25) is 0 Å². The van der Waals surface area contributed by atoms with Gasteiger partial charge in [0.1, 0.15) is 5.75 Å². The van der Waals surface area contributed by atoms with Crippen LogP contribution < -0.4 is 0 Å². The van der Waals surface area contributed by atoms with E-state index in [4.69, 9.17) is 4.52 Å². The molecule has 0 aliphatic rings. The van der Waals surface area contributed by atoms with Crippen molar-refractivity contribution in [2.75, 3.05) is 0 Å². The largest absolute Gasteiger partial charge is 0.507 e. The number of rotatable bonds is 12. The number of phenolic OH excluding ortho intramolecular Hbond substituents is 1. The Morgan fingerprint density at radius 3 is 1.70 bits per heavy atom. The van der Waals surface area contributed by atoms with Gasteiger partial charge in [-0.05, 0) is 46.1 Å². The molecule has 1 rings (SSSR count). The maximum Gasteiger partial charge on any atom is 0.317 e. The fourth-order valence-electron chi connectivity index (χ4n) is 3.87. The standard InChI is InChI=1S/C25H45O4P/c1-8-9-10-11-12-13-14-15-16-22(29-30(27)28)19-17-20(24(2,3)4)23(26)21(18-19)25(5,6)7/h17-18,22,26,30H,8-16H2,1-7H3,(H,27,28). The zero-order valence-corrected chi connectivity index (χ0v) is 21.3. The van der Waals surface area contributed by atoms with Gasteiger partial charge in [0.25, 0.3) is 0 Å². The molecule has 0 aliphatic carbocycles. The number of unbranched alkanes of at least 4 members (excludes halogenated alkanes) is 7. The fraction of sp³-hybridized carbons (Fsp3) is 0.760. The van der Waals surface area contributed by atoms with E-state index >= 15 is 0 Å². The van der Waals surface area contributed by atoms with Gasteiger partial charge in [-0.25, -0.2) is 0 Å². The smallest absolute Gasteiger partial charge is 0.317 e. The van der Waals surface area contributed by atoms with Crippen LogP contribution >= 0.6 is 8.25 Å². The Bertz CT molecular complexity index is 636. The van der Waals surface area contributed by atoms with Crippen LogP contribution in [0.25, 0.3) is 0 Å². The van der Waals surface area contributed by atoms with Crippen molar-refractivity contribution in [1.82, 2.24) is 0 Å². The molecule has 174 valence electrons. The van der Waals surface area contributed by atoms with E-state index in [1.165, 1.54) is 38.5 Å². The molecule has 0 amide bonds. The Morgan fingerprint density at radius 1 is 0.867 bits per heavy atom. The molecule has 1 aromatic carbocycles. The van der Waals surface area contributed by atoms with Gasteiger partial charge in [0.15, 0.2) is 0 Å². The number of hydrogen-bond acceptors (Lipinski definition) is 3. The van der Waals surface area contributed by atoms with Gasteiger partial charge in [-0.3, -0.25) is 4.57 Å². The highest BCUT2D eigenvalue weighted by molar-refractivity contribution is 7.32. The van der Waals surface area contributed by atoms with Crippen molar-refractivity contribution in [3.63, 3.8) is 0 Å². The summed E-state index contributed by atoms with van der Waals surface area (Å²) < 4.78 is 17.1. The lowest BCUT2D eigenvalue weighted by molar-refractivity contribution is 0.177. The molecule has 0 fully saturated rings. The average molecular weight is 441 g/mol. The Balaban J connectivity index is 3.01. The van der Waals surface area contributed by atoms with E-state index in [0.717, 1.165) is 29.5 Å². The molecule has 0 saturated heterocycles. The summed E-state index contributed by atoms with van der Waals surface area (Å²) in [7, 11) is -3.05. The second-order valence-electron chi connectivity index (χ2n) is 10.6. The minimum Gasteiger partial charge on any atom is -0.507 e. The van der Waals surface area contributed by atoms with Gasteiger partial charge in [0.05, 0.1) is 6.10 Å². The summed E-state index contributed by atoms with van der Waals surface area (Å²) in [6, 6.07) is 3.93. The third-order valence-corrected chi connectivity index (χ3v) is 6.17. The van der Waals surface area contributed by atoms with Gasteiger partial charge in [-0.1, -0.05) is 99.8 Å². The Labute approximate surface area is 185 Å². The topological polar surface area (TPSA) is 66.8 Å². The second kappa shape index (κ2) is 12.3. The SMILES string of the molecule is CCCCCCCCCCC(O[PH](=O)O)c1cc(C(C)(C)C)c(O)c(C(C)(C)C)c1. The maximum absolute atomic E-state index is 11.6. The van der Waals surface area contributed by atoms with Gasteiger partial charge in [-0.2, -0.15) is 0 Å². The van der Waals surface area contributed by atoms with Crippen LogP contribution in [-0.2, 0) is 19.9 Å². The molecule has 0 aliphatic heterocycles. The Morgan fingerprint density at radius 2 is 1.30 bits per heavy atom. The summed E-state index contributed by atoms with van der Waals surface area (Å²) in [6.07, 6.45) is 9.98. The molecule has 0 spiro atoms. The van der Waals surface area contributed by atoms with Crippen molar-refractivity contribution in [2.24, 2.45) is 0 Å². The van der Waals surface area contributed by atoms with E-state index in [2.05, 4.69) is 48.5 Å². The van der Waals surface area contributed by atoms with Crippen molar-refractivity contribution in [2.45, 2.75) is 123 Å². The normalized spacial score (nSPS) is 14.7. The summed E-state index contributed by atoms with van der Waals surface area (Å²) in [6.45, 7) is 14.7. The molecule has 30 heavy (non-hydrogen) atoms. The van der Waals surface area contributed by atoms with E-state index < -0.39 is 14.4 Å². The van der Waals surface area contributed by atoms with E-state index in [1.807, 2.05) is 12.1 Å². The summed E-state index contributed by atoms with van der Waals surface area (Å²) in [5.41, 5.74) is 2.11. The first kappa shape index (κ1) is 27.2. The van der Waals surface area contributed by atoms with Gasteiger partial charge in [-0.15, -0.1) is 0 Å². The first-order chi connectivity index (χ1) is 13.9. The van der Waals surface area contributed by atoms with Crippen molar-refractivity contribution in [3.05, 3.63) is 28.8 Å². The van der Waals surface area contributed by atoms with Crippen molar-refractivity contribution < 1.29 is 19.1 Å². The van der Waals surface area contributed by atoms with E-state index in [9.17, 15) is 14.6 Å². The zero-order valence-electron chi connectivity index (χ0n) is 20.3. The molecule has 0 heterocycles. The third-order valence-electron chi connectivity index (χ3n) is 5.68. The number of benzene rings is 1. The monoisotopic (exact) mass is 440 g/mol. The molecule has 0 bridgehead atoms. The van der Waals surface area contributed by atoms with Gasteiger partial charge in [0.2, 0.25) is 0 Å². The molecule has 4 nitrogen and oxygen atoms in total. The van der Waals surface area contributed by atoms with Crippen molar-refractivity contribution >= 4 is 8.25 Å². The molecule has 2 atom stereocenters. The summed E-state index contributed by atoms with van der Waals surface area (Å²) in [5, 5.41) is 10.9. The van der Waals surface area contributed by atoms with Crippen LogP contribution in [0, 0.1) is 0 Å². The summed E-state index contributed by atoms with van der Waals surface area (Å²) in [4.78, 5) is 9.49. The van der Waals surface area contributed by atoms with Crippen LogP contribution in [0.4, 0.5) is 0 Å². The minimum absolute atomic E-state index is 0.242. The number of hydrogen-bond donors (Lipinski definition) is 2. The lowest BCUT2D eigenvalue weighted by atomic mass is 9.77. The molecular weight excluding hydrogens is 395 g/mol. The van der Waals surface area contributed by atoms with E-state index in [0.29, 0.717) is 12.2 Å². The summed E-state index contributed by atoms with van der Waals surface area (Å²) in [5.74, 6) is 0.321. The third kappa shape index (κ3) is 9.12. The highest BCUT2D eigenvalue weighted by Crippen LogP contribution is 2.43. The van der Waals surface area contributed by atoms with Crippen LogP contribution in [0.1, 0.15) is 129 Å². The summed E-state index contributed by atoms with van der Waals surface area (Å²) >= 11 is 0. The van der Waals surface area contributed by atoms with Crippen molar-refractivity contribution in [1.29, 1.82) is 0 Å². The second-order valence-corrected chi connectivity index (χ2v) is 11.4. The fourth-order valence-corrected chi connectivity index (χ4v) is 4.36. The van der Waals surface area contributed by atoms with Crippen molar-refractivity contribution in [3.8, 4) is 5.75 Å². The minimum atomic E-state index is -3.05. The van der Waals surface area contributed by atoms with Crippen LogP contribution in [0.3, 0.4) is 0 Å². The molecule has 5 heteroatoms. The van der Waals surface area contributed by atoms with Gasteiger partial charge < -0.3 is 14.5 Å². The Kier molecular flexibility index (Phi) is 11.1.